The Morgan fingerprint density at radius 2 is 1.95 bits per heavy atom. The molecule has 1 aliphatic heterocycles. The predicted octanol–water partition coefficient (Wildman–Crippen LogP) is 4.26. The number of nitrogens with one attached hydrogen (secondary N) is 1. The molecule has 2 bridgehead atoms. The summed E-state index contributed by atoms with van der Waals surface area (Å²) in [7, 11) is -2.04. The van der Waals surface area contributed by atoms with Gasteiger partial charge in [0.2, 0.25) is 10.0 Å². The Morgan fingerprint density at radius 3 is 2.65 bits per heavy atom. The Kier molecular flexibility index (Phi) is 6.26. The van der Waals surface area contributed by atoms with Crippen LogP contribution in [0, 0.1) is 10.8 Å². The third-order valence-corrected chi connectivity index (χ3v) is 9.62. The largest absolute Gasteiger partial charge is 0.493 e. The van der Waals surface area contributed by atoms with Gasteiger partial charge < -0.3 is 9.72 Å². The van der Waals surface area contributed by atoms with Crippen LogP contribution in [0.25, 0.3) is 22.4 Å². The van der Waals surface area contributed by atoms with Gasteiger partial charge in [0.25, 0.3) is 5.56 Å². The van der Waals surface area contributed by atoms with Gasteiger partial charge in [-0.25, -0.2) is 13.4 Å². The number of sulfonamides is 1. The summed E-state index contributed by atoms with van der Waals surface area (Å²) in [5.41, 5.74) is 1.87. The van der Waals surface area contributed by atoms with E-state index in [1.165, 1.54) is 0 Å². The van der Waals surface area contributed by atoms with Gasteiger partial charge in [0, 0.05) is 19.6 Å². The monoisotopic (exact) mass is 527 g/mol. The zero-order chi connectivity index (χ0) is 26.8. The number of hydrogen-bond acceptors (Lipinski definition) is 6. The number of ether oxygens (including phenoxy) is 1. The van der Waals surface area contributed by atoms with Gasteiger partial charge in [-0.15, -0.1) is 0 Å². The summed E-state index contributed by atoms with van der Waals surface area (Å²) in [5, 5.41) is 4.49. The number of hydrogen-bond donors (Lipinski definition) is 1. The average molecular weight is 528 g/mol. The van der Waals surface area contributed by atoms with Crippen molar-refractivity contribution in [2.75, 3.05) is 13.2 Å². The minimum absolute atomic E-state index is 0.0185. The van der Waals surface area contributed by atoms with Crippen molar-refractivity contribution >= 4 is 21.1 Å². The lowest BCUT2D eigenvalue weighted by Crippen LogP contribution is -2.37. The minimum Gasteiger partial charge on any atom is -0.493 e. The number of nitrogens with zero attached hydrogens (tertiary/aromatic N) is 4. The van der Waals surface area contributed by atoms with E-state index in [2.05, 4.69) is 30.9 Å². The fourth-order valence-corrected chi connectivity index (χ4v) is 8.54. The molecule has 2 unspecified atom stereocenters. The lowest BCUT2D eigenvalue weighted by molar-refractivity contribution is 0.133. The van der Waals surface area contributed by atoms with Crippen molar-refractivity contribution in [1.29, 1.82) is 0 Å². The maximum Gasteiger partial charge on any atom is 0.277 e. The molecule has 0 spiro atoms. The molecule has 5 rings (SSSR count). The summed E-state index contributed by atoms with van der Waals surface area (Å²) in [6.07, 6.45) is 4.28. The Balaban J connectivity index is 1.62. The van der Waals surface area contributed by atoms with Gasteiger partial charge in [-0.1, -0.05) is 34.1 Å². The Bertz CT molecular complexity index is 1520. The second kappa shape index (κ2) is 8.94. The van der Waals surface area contributed by atoms with E-state index in [-0.39, 0.29) is 33.2 Å². The lowest BCUT2D eigenvalue weighted by atomic mass is 9.65. The number of H-pyrrole nitrogens is 1. The van der Waals surface area contributed by atoms with Crippen molar-refractivity contribution in [3.05, 3.63) is 34.2 Å². The number of aryl methyl sites for hydroxylation is 2. The van der Waals surface area contributed by atoms with Crippen molar-refractivity contribution in [2.45, 2.75) is 77.7 Å². The topological polar surface area (TPSA) is 110 Å². The number of rotatable bonds is 7. The van der Waals surface area contributed by atoms with Crippen molar-refractivity contribution in [3.63, 3.8) is 0 Å². The van der Waals surface area contributed by atoms with Crippen molar-refractivity contribution < 1.29 is 13.2 Å². The Hall–Kier alpha value is -2.72. The van der Waals surface area contributed by atoms with E-state index >= 15 is 0 Å². The molecular formula is C27H37N5O4S. The molecule has 1 saturated heterocycles. The molecular weight excluding hydrogens is 490 g/mol. The zero-order valence-electron chi connectivity index (χ0n) is 22.6. The molecule has 0 radical (unpaired) electrons. The Morgan fingerprint density at radius 1 is 1.19 bits per heavy atom. The van der Waals surface area contributed by atoms with Gasteiger partial charge in [0.05, 0.1) is 22.8 Å². The minimum atomic E-state index is -3.77. The first-order valence-corrected chi connectivity index (χ1v) is 14.6. The second-order valence-corrected chi connectivity index (χ2v) is 13.7. The molecule has 1 N–H and O–H groups in total. The van der Waals surface area contributed by atoms with Crippen LogP contribution in [0.3, 0.4) is 0 Å². The van der Waals surface area contributed by atoms with Gasteiger partial charge in [-0.05, 0) is 61.6 Å². The number of benzene rings is 1. The van der Waals surface area contributed by atoms with Gasteiger partial charge in [0.15, 0.2) is 5.52 Å². The summed E-state index contributed by atoms with van der Waals surface area (Å²) in [6.45, 7) is 11.5. The van der Waals surface area contributed by atoms with E-state index < -0.39 is 10.0 Å². The van der Waals surface area contributed by atoms with Crippen LogP contribution in [0.4, 0.5) is 0 Å². The molecule has 1 aliphatic carbocycles. The lowest BCUT2D eigenvalue weighted by Gasteiger charge is -2.39. The van der Waals surface area contributed by atoms with Gasteiger partial charge in [-0.3, -0.25) is 9.48 Å². The quantitative estimate of drug-likeness (QED) is 0.492. The van der Waals surface area contributed by atoms with Gasteiger partial charge in [0.1, 0.15) is 17.1 Å². The fourth-order valence-electron chi connectivity index (χ4n) is 6.74. The molecule has 9 nitrogen and oxygen atoms in total. The van der Waals surface area contributed by atoms with Crippen LogP contribution >= 0.6 is 0 Å². The molecule has 2 aromatic heterocycles. The third-order valence-electron chi connectivity index (χ3n) is 7.73. The molecule has 1 saturated carbocycles. The smallest absolute Gasteiger partial charge is 0.277 e. The highest BCUT2D eigenvalue weighted by Gasteiger charge is 2.53. The molecule has 200 valence electrons. The summed E-state index contributed by atoms with van der Waals surface area (Å²) >= 11 is 0. The first-order chi connectivity index (χ1) is 17.4. The molecule has 3 aromatic rings. The van der Waals surface area contributed by atoms with E-state index in [9.17, 15) is 13.2 Å². The van der Waals surface area contributed by atoms with Crippen LogP contribution in [0.1, 0.15) is 66.0 Å². The highest BCUT2D eigenvalue weighted by atomic mass is 32.2. The van der Waals surface area contributed by atoms with Crippen molar-refractivity contribution in [2.24, 2.45) is 17.9 Å². The van der Waals surface area contributed by atoms with E-state index in [0.29, 0.717) is 41.9 Å². The standard InChI is InChI=1S/C27H37N5O4S/c1-7-9-20-22-23(31(6)30-20)25(33)29-24(28-22)19-12-18(10-11-21(19)36-8-2)37(34,35)32-16-27(5)14-17(32)13-26(3,4)15-27/h10-12,17H,7-9,13-16H2,1-6H3,(H,28,29,33). The molecule has 2 aliphatic rings. The van der Waals surface area contributed by atoms with Crippen LogP contribution < -0.4 is 10.3 Å². The third kappa shape index (κ3) is 4.48. The van der Waals surface area contributed by atoms with E-state index in [0.717, 1.165) is 31.4 Å². The van der Waals surface area contributed by atoms with Gasteiger partial charge >= 0.3 is 0 Å². The van der Waals surface area contributed by atoms with Crippen LogP contribution in [0.2, 0.25) is 0 Å². The summed E-state index contributed by atoms with van der Waals surface area (Å²) < 4.78 is 37.1. The van der Waals surface area contributed by atoms with E-state index in [1.54, 1.807) is 34.2 Å². The average Bonchev–Trinajstić information content (AvgIpc) is 3.26. The molecule has 1 aromatic carbocycles. The van der Waals surface area contributed by atoms with E-state index in [1.807, 2.05) is 13.8 Å². The molecule has 37 heavy (non-hydrogen) atoms. The maximum absolute atomic E-state index is 14.0. The van der Waals surface area contributed by atoms with Crippen LogP contribution in [0.5, 0.6) is 5.75 Å². The first-order valence-electron chi connectivity index (χ1n) is 13.1. The SMILES string of the molecule is CCCc1nn(C)c2c(=O)[nH]c(-c3cc(S(=O)(=O)N4CC5(C)CC4CC(C)(C)C5)ccc3OCC)nc12. The highest BCUT2D eigenvalue weighted by Crippen LogP contribution is 2.53. The normalized spacial score (nSPS) is 23.6. The van der Waals surface area contributed by atoms with E-state index in [4.69, 9.17) is 9.72 Å². The number of aromatic amines is 1. The zero-order valence-corrected chi connectivity index (χ0v) is 23.4. The van der Waals surface area contributed by atoms with Crippen molar-refractivity contribution in [1.82, 2.24) is 24.1 Å². The predicted molar refractivity (Wildman–Crippen MR) is 143 cm³/mol. The number of aromatic nitrogens is 4. The van der Waals surface area contributed by atoms with Crippen molar-refractivity contribution in [3.8, 4) is 17.1 Å². The van der Waals surface area contributed by atoms with Crippen LogP contribution in [-0.4, -0.2) is 51.7 Å². The van der Waals surface area contributed by atoms with Crippen LogP contribution in [0.15, 0.2) is 27.9 Å². The first kappa shape index (κ1) is 25.9. The molecule has 10 heteroatoms. The maximum atomic E-state index is 14.0. The summed E-state index contributed by atoms with van der Waals surface area (Å²) in [4.78, 5) is 20.9. The fraction of sp³-hybridized carbons (Fsp3) is 0.593. The van der Waals surface area contributed by atoms with Gasteiger partial charge in [-0.2, -0.15) is 9.40 Å². The highest BCUT2D eigenvalue weighted by molar-refractivity contribution is 7.89. The van der Waals surface area contributed by atoms with Crippen LogP contribution in [-0.2, 0) is 23.5 Å². The number of fused-ring (bicyclic) bond motifs is 3. The molecule has 0 amide bonds. The Labute approximate surface area is 218 Å². The summed E-state index contributed by atoms with van der Waals surface area (Å²) in [6, 6.07) is 4.84. The molecule has 3 heterocycles. The summed E-state index contributed by atoms with van der Waals surface area (Å²) in [5.74, 6) is 0.745. The molecule has 2 atom stereocenters. The second-order valence-electron chi connectivity index (χ2n) is 11.8. The molecule has 2 fully saturated rings.